The Labute approximate surface area is 146 Å². The maximum atomic E-state index is 12.5. The largest absolute Gasteiger partial charge is 0.444 e. The molecular formula is C15H21N3O6S. The lowest BCUT2D eigenvalue weighted by Gasteiger charge is -2.28. The topological polar surface area (TPSA) is 120 Å². The summed E-state index contributed by atoms with van der Waals surface area (Å²) in [6.07, 6.45) is 1.60. The first-order valence-corrected chi connectivity index (χ1v) is 9.48. The van der Waals surface area contributed by atoms with Gasteiger partial charge in [0.2, 0.25) is 0 Å². The molecule has 25 heavy (non-hydrogen) atoms. The molecule has 1 amide bonds. The predicted molar refractivity (Wildman–Crippen MR) is 88.9 cm³/mol. The number of nitro groups is 1. The van der Waals surface area contributed by atoms with Crippen LogP contribution in [0.15, 0.2) is 23.4 Å². The second kappa shape index (κ2) is 6.95. The van der Waals surface area contributed by atoms with E-state index in [-0.39, 0.29) is 16.5 Å². The molecule has 0 saturated carbocycles. The molecule has 2 heterocycles. The third kappa shape index (κ3) is 4.88. The normalized spacial score (nSPS) is 18.2. The van der Waals surface area contributed by atoms with Crippen LogP contribution in [0.2, 0.25) is 0 Å². The minimum atomic E-state index is -3.78. The third-order valence-corrected chi connectivity index (χ3v) is 5.37. The Morgan fingerprint density at radius 3 is 2.64 bits per heavy atom. The highest BCUT2D eigenvalue weighted by atomic mass is 32.2. The first-order chi connectivity index (χ1) is 11.5. The average Bonchev–Trinajstić information content (AvgIpc) is 2.93. The highest BCUT2D eigenvalue weighted by molar-refractivity contribution is 7.91. The number of hydrogen-bond donors (Lipinski definition) is 0. The van der Waals surface area contributed by atoms with Crippen molar-refractivity contribution < 1.29 is 22.9 Å². The standard InChI is InChI=1S/C15H21N3O6S/c1-15(2,3)24-14(19)17-8-4-5-12(17)10-25(22,23)13-7-6-11(9-16-13)18(20)21/h6-7,9,12H,4-5,8,10H2,1-3H3/t12-/m1/s1. The second-order valence-electron chi connectivity index (χ2n) is 6.86. The van der Waals surface area contributed by atoms with Gasteiger partial charge in [-0.15, -0.1) is 0 Å². The molecule has 1 aliphatic rings. The molecule has 1 fully saturated rings. The van der Waals surface area contributed by atoms with Gasteiger partial charge in [0, 0.05) is 18.7 Å². The summed E-state index contributed by atoms with van der Waals surface area (Å²) in [7, 11) is -3.78. The maximum Gasteiger partial charge on any atom is 0.410 e. The molecule has 1 saturated heterocycles. The third-order valence-electron chi connectivity index (χ3n) is 3.67. The van der Waals surface area contributed by atoms with Crippen molar-refractivity contribution in [1.29, 1.82) is 0 Å². The van der Waals surface area contributed by atoms with Gasteiger partial charge in [0.1, 0.15) is 11.8 Å². The van der Waals surface area contributed by atoms with Gasteiger partial charge in [-0.3, -0.25) is 10.1 Å². The minimum Gasteiger partial charge on any atom is -0.444 e. The number of pyridine rings is 1. The zero-order valence-electron chi connectivity index (χ0n) is 14.3. The van der Waals surface area contributed by atoms with Gasteiger partial charge in [0.25, 0.3) is 5.69 Å². The first kappa shape index (κ1) is 19.1. The highest BCUT2D eigenvalue weighted by Gasteiger charge is 2.35. The molecule has 0 bridgehead atoms. The fourth-order valence-electron chi connectivity index (χ4n) is 2.57. The van der Waals surface area contributed by atoms with Crippen LogP contribution in [0, 0.1) is 10.1 Å². The van der Waals surface area contributed by atoms with Crippen molar-refractivity contribution >= 4 is 21.6 Å². The lowest BCUT2D eigenvalue weighted by atomic mass is 10.2. The Kier molecular flexibility index (Phi) is 5.31. The number of sulfone groups is 1. The highest BCUT2D eigenvalue weighted by Crippen LogP contribution is 2.24. The summed E-state index contributed by atoms with van der Waals surface area (Å²) < 4.78 is 30.3. The van der Waals surface area contributed by atoms with E-state index in [4.69, 9.17) is 4.74 Å². The van der Waals surface area contributed by atoms with E-state index >= 15 is 0 Å². The molecule has 0 spiro atoms. The van der Waals surface area contributed by atoms with Crippen LogP contribution in [-0.2, 0) is 14.6 Å². The van der Waals surface area contributed by atoms with E-state index in [1.54, 1.807) is 20.8 Å². The maximum absolute atomic E-state index is 12.5. The number of hydrogen-bond acceptors (Lipinski definition) is 7. The van der Waals surface area contributed by atoms with Crippen molar-refractivity contribution in [1.82, 2.24) is 9.88 Å². The molecule has 0 aliphatic carbocycles. The summed E-state index contributed by atoms with van der Waals surface area (Å²) >= 11 is 0. The van der Waals surface area contributed by atoms with Gasteiger partial charge in [0.15, 0.2) is 14.9 Å². The van der Waals surface area contributed by atoms with Crippen molar-refractivity contribution in [2.24, 2.45) is 0 Å². The van der Waals surface area contributed by atoms with Crippen LogP contribution < -0.4 is 0 Å². The molecule has 1 aliphatic heterocycles. The quantitative estimate of drug-likeness (QED) is 0.587. The number of rotatable bonds is 4. The van der Waals surface area contributed by atoms with E-state index in [1.165, 1.54) is 4.90 Å². The zero-order chi connectivity index (χ0) is 18.8. The van der Waals surface area contributed by atoms with Crippen molar-refractivity contribution in [2.75, 3.05) is 12.3 Å². The Morgan fingerprint density at radius 1 is 1.44 bits per heavy atom. The number of carbonyl (C=O) groups is 1. The van der Waals surface area contributed by atoms with E-state index in [9.17, 15) is 23.3 Å². The Hall–Kier alpha value is -2.23. The molecule has 0 N–H and O–H groups in total. The number of likely N-dealkylation sites (tertiary alicyclic amines) is 1. The summed E-state index contributed by atoms with van der Waals surface area (Å²) in [5, 5.41) is 10.4. The van der Waals surface area contributed by atoms with Gasteiger partial charge in [-0.2, -0.15) is 0 Å². The summed E-state index contributed by atoms with van der Waals surface area (Å²) in [6.45, 7) is 5.66. The smallest absolute Gasteiger partial charge is 0.410 e. The summed E-state index contributed by atoms with van der Waals surface area (Å²) in [6, 6.07) is 1.71. The molecule has 138 valence electrons. The summed E-state index contributed by atoms with van der Waals surface area (Å²) in [4.78, 5) is 27.3. The molecule has 0 radical (unpaired) electrons. The molecule has 0 aromatic carbocycles. The van der Waals surface area contributed by atoms with E-state index < -0.39 is 32.5 Å². The monoisotopic (exact) mass is 371 g/mol. The van der Waals surface area contributed by atoms with Gasteiger partial charge in [-0.1, -0.05) is 0 Å². The summed E-state index contributed by atoms with van der Waals surface area (Å²) in [5.74, 6) is -0.295. The number of aromatic nitrogens is 1. The Morgan fingerprint density at radius 2 is 2.12 bits per heavy atom. The molecule has 2 rings (SSSR count). The van der Waals surface area contributed by atoms with Crippen LogP contribution in [0.3, 0.4) is 0 Å². The second-order valence-corrected chi connectivity index (χ2v) is 8.84. The van der Waals surface area contributed by atoms with E-state index in [0.29, 0.717) is 19.4 Å². The number of amides is 1. The molecule has 1 atom stereocenters. The fourth-order valence-corrected chi connectivity index (χ4v) is 4.09. The molecule has 1 aromatic rings. The van der Waals surface area contributed by atoms with E-state index in [1.807, 2.05) is 0 Å². The molecule has 0 unspecified atom stereocenters. The van der Waals surface area contributed by atoms with Crippen LogP contribution in [-0.4, -0.2) is 53.3 Å². The van der Waals surface area contributed by atoms with Crippen molar-refractivity contribution in [3.8, 4) is 0 Å². The molecule has 10 heteroatoms. The molecular weight excluding hydrogens is 350 g/mol. The number of nitrogens with zero attached hydrogens (tertiary/aromatic N) is 3. The minimum absolute atomic E-state index is 0.242. The number of carbonyl (C=O) groups excluding carboxylic acids is 1. The fraction of sp³-hybridized carbons (Fsp3) is 0.600. The molecule has 1 aromatic heterocycles. The van der Waals surface area contributed by atoms with Crippen LogP contribution in [0.25, 0.3) is 0 Å². The molecule has 9 nitrogen and oxygen atoms in total. The van der Waals surface area contributed by atoms with Crippen LogP contribution in [0.1, 0.15) is 33.6 Å². The van der Waals surface area contributed by atoms with Gasteiger partial charge < -0.3 is 9.64 Å². The Bertz CT molecular complexity index is 754. The first-order valence-electron chi connectivity index (χ1n) is 7.82. The van der Waals surface area contributed by atoms with E-state index in [2.05, 4.69) is 4.98 Å². The van der Waals surface area contributed by atoms with Crippen LogP contribution in [0.5, 0.6) is 0 Å². The number of ether oxygens (including phenoxy) is 1. The van der Waals surface area contributed by atoms with Gasteiger partial charge in [-0.25, -0.2) is 18.2 Å². The summed E-state index contributed by atoms with van der Waals surface area (Å²) in [5.41, 5.74) is -0.946. The van der Waals surface area contributed by atoms with Crippen LogP contribution in [0.4, 0.5) is 10.5 Å². The van der Waals surface area contributed by atoms with Gasteiger partial charge >= 0.3 is 6.09 Å². The van der Waals surface area contributed by atoms with Crippen molar-refractivity contribution in [2.45, 2.75) is 50.3 Å². The zero-order valence-corrected chi connectivity index (χ0v) is 15.2. The SMILES string of the molecule is CC(C)(C)OC(=O)N1CCC[C@@H]1CS(=O)(=O)c1ccc([N+](=O)[O-])cn1. The van der Waals surface area contributed by atoms with Crippen LogP contribution >= 0.6 is 0 Å². The van der Waals surface area contributed by atoms with Gasteiger partial charge in [0.05, 0.1) is 10.7 Å². The van der Waals surface area contributed by atoms with Crippen molar-refractivity contribution in [3.05, 3.63) is 28.4 Å². The van der Waals surface area contributed by atoms with Gasteiger partial charge in [-0.05, 0) is 39.7 Å². The van der Waals surface area contributed by atoms with E-state index in [0.717, 1.165) is 18.3 Å². The Balaban J connectivity index is 2.13. The average molecular weight is 371 g/mol. The predicted octanol–water partition coefficient (Wildman–Crippen LogP) is 2.16. The lowest BCUT2D eigenvalue weighted by Crippen LogP contribution is -2.42. The lowest BCUT2D eigenvalue weighted by molar-refractivity contribution is -0.385. The van der Waals surface area contributed by atoms with Crippen molar-refractivity contribution in [3.63, 3.8) is 0 Å².